The fourth-order valence-electron chi connectivity index (χ4n) is 3.30. The van der Waals surface area contributed by atoms with E-state index in [0.29, 0.717) is 0 Å². The Bertz CT molecular complexity index is 630. The molecule has 0 aliphatic carbocycles. The van der Waals surface area contributed by atoms with E-state index < -0.39 is 8.07 Å². The Morgan fingerprint density at radius 3 is 1.83 bits per heavy atom. The number of rotatable bonds is 3. The maximum atomic E-state index is 3.72. The number of benzene rings is 2. The van der Waals surface area contributed by atoms with Crippen molar-refractivity contribution in [3.05, 3.63) is 60.7 Å². The largest absolute Gasteiger partial charge is 0.292 e. The SMILES string of the molecule is C[Si](C#CCN1CCCCC1)(c1ccccc1)c1ccccc1.Cl. The first kappa shape index (κ1) is 18.8. The molecule has 1 aliphatic heterocycles. The standard InChI is InChI=1S/C21H25NSi.ClH/c1-23(20-12-5-2-6-13-20,21-14-7-3-8-15-21)19-11-18-22-16-9-4-10-17-22;/h2-3,5-8,12-15H,4,9-10,16-18H2,1H3;1H. The summed E-state index contributed by atoms with van der Waals surface area (Å²) in [5.74, 6) is 3.53. The molecule has 2 aromatic carbocycles. The van der Waals surface area contributed by atoms with E-state index >= 15 is 0 Å². The van der Waals surface area contributed by atoms with E-state index in [4.69, 9.17) is 0 Å². The lowest BCUT2D eigenvalue weighted by molar-refractivity contribution is 0.255. The van der Waals surface area contributed by atoms with Gasteiger partial charge in [0.2, 0.25) is 0 Å². The van der Waals surface area contributed by atoms with Gasteiger partial charge in [-0.05, 0) is 36.3 Å². The van der Waals surface area contributed by atoms with Gasteiger partial charge in [0.15, 0.2) is 8.07 Å². The van der Waals surface area contributed by atoms with Crippen LogP contribution in [0.4, 0.5) is 0 Å². The molecule has 0 aromatic heterocycles. The van der Waals surface area contributed by atoms with E-state index in [-0.39, 0.29) is 12.4 Å². The van der Waals surface area contributed by atoms with Crippen LogP contribution >= 0.6 is 12.4 Å². The van der Waals surface area contributed by atoms with Gasteiger partial charge in [-0.2, -0.15) is 0 Å². The van der Waals surface area contributed by atoms with Crippen LogP contribution in [0.5, 0.6) is 0 Å². The third-order valence-electron chi connectivity index (χ3n) is 4.79. The van der Waals surface area contributed by atoms with Gasteiger partial charge in [-0.15, -0.1) is 18.0 Å². The minimum Gasteiger partial charge on any atom is -0.292 e. The molecule has 0 atom stereocenters. The van der Waals surface area contributed by atoms with Crippen LogP contribution in [0.2, 0.25) is 6.55 Å². The molecule has 1 heterocycles. The lowest BCUT2D eigenvalue weighted by atomic mass is 10.1. The minimum absolute atomic E-state index is 0. The van der Waals surface area contributed by atoms with Crippen molar-refractivity contribution in [1.82, 2.24) is 4.90 Å². The van der Waals surface area contributed by atoms with E-state index in [1.807, 2.05) is 0 Å². The monoisotopic (exact) mass is 355 g/mol. The second kappa shape index (κ2) is 9.08. The van der Waals surface area contributed by atoms with E-state index in [0.717, 1.165) is 6.54 Å². The maximum Gasteiger partial charge on any atom is 0.196 e. The average molecular weight is 356 g/mol. The Morgan fingerprint density at radius 2 is 1.33 bits per heavy atom. The first-order chi connectivity index (χ1) is 11.3. The zero-order chi connectivity index (χ0) is 16.0. The van der Waals surface area contributed by atoms with E-state index in [1.54, 1.807) is 0 Å². The first-order valence-corrected chi connectivity index (χ1v) is 11.1. The van der Waals surface area contributed by atoms with Crippen molar-refractivity contribution in [2.45, 2.75) is 25.8 Å². The summed E-state index contributed by atoms with van der Waals surface area (Å²) in [5, 5.41) is 2.80. The Kier molecular flexibility index (Phi) is 7.11. The fraction of sp³-hybridized carbons (Fsp3) is 0.333. The van der Waals surface area contributed by atoms with Gasteiger partial charge in [0.05, 0.1) is 6.54 Å². The summed E-state index contributed by atoms with van der Waals surface area (Å²) in [7, 11) is -1.97. The van der Waals surface area contributed by atoms with E-state index in [9.17, 15) is 0 Å². The van der Waals surface area contributed by atoms with Crippen LogP contribution in [-0.2, 0) is 0 Å². The topological polar surface area (TPSA) is 3.24 Å². The zero-order valence-corrected chi connectivity index (χ0v) is 16.2. The van der Waals surface area contributed by atoms with Crippen LogP contribution in [0.25, 0.3) is 0 Å². The van der Waals surface area contributed by atoms with Gasteiger partial charge in [-0.25, -0.2) is 0 Å². The van der Waals surface area contributed by atoms with Crippen molar-refractivity contribution in [1.29, 1.82) is 0 Å². The van der Waals surface area contributed by atoms with Gasteiger partial charge in [0.1, 0.15) is 0 Å². The molecule has 0 bridgehead atoms. The molecule has 1 aliphatic rings. The smallest absolute Gasteiger partial charge is 0.196 e. The van der Waals surface area contributed by atoms with Crippen molar-refractivity contribution in [3.8, 4) is 11.5 Å². The van der Waals surface area contributed by atoms with Crippen LogP contribution in [0, 0.1) is 11.5 Å². The normalized spacial score (nSPS) is 15.0. The molecule has 0 saturated carbocycles. The molecule has 3 rings (SSSR count). The third-order valence-corrected chi connectivity index (χ3v) is 8.44. The number of piperidine rings is 1. The second-order valence-electron chi connectivity index (χ2n) is 6.50. The molecule has 0 radical (unpaired) electrons. The van der Waals surface area contributed by atoms with Crippen LogP contribution in [0.3, 0.4) is 0 Å². The molecule has 1 saturated heterocycles. The summed E-state index contributed by atoms with van der Waals surface area (Å²) in [6.07, 6.45) is 4.03. The summed E-state index contributed by atoms with van der Waals surface area (Å²) >= 11 is 0. The Labute approximate surface area is 153 Å². The van der Waals surface area contributed by atoms with Crippen molar-refractivity contribution in [2.24, 2.45) is 0 Å². The van der Waals surface area contributed by atoms with Gasteiger partial charge in [0, 0.05) is 0 Å². The molecule has 0 unspecified atom stereocenters. The predicted octanol–water partition coefficient (Wildman–Crippen LogP) is 3.33. The van der Waals surface area contributed by atoms with Crippen LogP contribution < -0.4 is 10.4 Å². The molecular weight excluding hydrogens is 330 g/mol. The maximum absolute atomic E-state index is 3.72. The number of hydrogen-bond acceptors (Lipinski definition) is 1. The number of likely N-dealkylation sites (tertiary alicyclic amines) is 1. The fourth-order valence-corrected chi connectivity index (χ4v) is 6.07. The highest BCUT2D eigenvalue weighted by molar-refractivity contribution is 7.07. The Morgan fingerprint density at radius 1 is 0.833 bits per heavy atom. The molecule has 1 fully saturated rings. The minimum atomic E-state index is -1.97. The molecule has 2 aromatic rings. The van der Waals surface area contributed by atoms with Gasteiger partial charge in [0.25, 0.3) is 0 Å². The van der Waals surface area contributed by atoms with Crippen molar-refractivity contribution >= 4 is 30.9 Å². The molecule has 0 amide bonds. The third kappa shape index (κ3) is 4.51. The van der Waals surface area contributed by atoms with Gasteiger partial charge in [-0.3, -0.25) is 4.90 Å². The number of hydrogen-bond donors (Lipinski definition) is 0. The summed E-state index contributed by atoms with van der Waals surface area (Å²) in [5.41, 5.74) is 3.72. The highest BCUT2D eigenvalue weighted by atomic mass is 35.5. The molecule has 0 spiro atoms. The summed E-state index contributed by atoms with van der Waals surface area (Å²) in [4.78, 5) is 2.50. The van der Waals surface area contributed by atoms with Crippen molar-refractivity contribution in [3.63, 3.8) is 0 Å². The quantitative estimate of drug-likeness (QED) is 0.603. The van der Waals surface area contributed by atoms with Gasteiger partial charge in [-0.1, -0.05) is 79.6 Å². The van der Waals surface area contributed by atoms with E-state index in [2.05, 4.69) is 83.6 Å². The highest BCUT2D eigenvalue weighted by Gasteiger charge is 2.29. The Balaban J connectivity index is 0.00000208. The predicted molar refractivity (Wildman–Crippen MR) is 109 cm³/mol. The molecule has 126 valence electrons. The van der Waals surface area contributed by atoms with Gasteiger partial charge >= 0.3 is 0 Å². The summed E-state index contributed by atoms with van der Waals surface area (Å²) in [6, 6.07) is 21.7. The molecule has 1 nitrogen and oxygen atoms in total. The van der Waals surface area contributed by atoms with Gasteiger partial charge < -0.3 is 0 Å². The second-order valence-corrected chi connectivity index (χ2v) is 10.2. The Hall–Kier alpha value is -1.53. The zero-order valence-electron chi connectivity index (χ0n) is 14.4. The molecule has 0 N–H and O–H groups in total. The average Bonchev–Trinajstić information content (AvgIpc) is 2.64. The lowest BCUT2D eigenvalue weighted by Crippen LogP contribution is -2.55. The van der Waals surface area contributed by atoms with Crippen LogP contribution in [-0.4, -0.2) is 32.6 Å². The molecular formula is C21H26ClNSi. The molecule has 3 heteroatoms. The lowest BCUT2D eigenvalue weighted by Gasteiger charge is -2.25. The number of halogens is 1. The van der Waals surface area contributed by atoms with Crippen molar-refractivity contribution < 1.29 is 0 Å². The van der Waals surface area contributed by atoms with Crippen molar-refractivity contribution in [2.75, 3.05) is 19.6 Å². The molecule has 24 heavy (non-hydrogen) atoms. The number of nitrogens with zero attached hydrogens (tertiary/aromatic N) is 1. The summed E-state index contributed by atoms with van der Waals surface area (Å²) in [6.45, 7) is 5.72. The first-order valence-electron chi connectivity index (χ1n) is 8.62. The van der Waals surface area contributed by atoms with Crippen LogP contribution in [0.1, 0.15) is 19.3 Å². The van der Waals surface area contributed by atoms with E-state index in [1.165, 1.54) is 42.7 Å². The summed E-state index contributed by atoms with van der Waals surface area (Å²) < 4.78 is 0. The van der Waals surface area contributed by atoms with Crippen LogP contribution in [0.15, 0.2) is 60.7 Å². The highest BCUT2D eigenvalue weighted by Crippen LogP contribution is 2.08.